The zero-order valence-electron chi connectivity index (χ0n) is 23.7. The maximum atomic E-state index is 15.8. The van der Waals surface area contributed by atoms with Crippen LogP contribution in [-0.2, 0) is 31.3 Å². The van der Waals surface area contributed by atoms with Gasteiger partial charge in [-0.3, -0.25) is 9.36 Å². The molecule has 9 nitrogen and oxygen atoms in total. The second kappa shape index (κ2) is 9.97. The molecule has 2 aliphatic rings. The first-order valence-corrected chi connectivity index (χ1v) is 13.6. The van der Waals surface area contributed by atoms with Gasteiger partial charge >= 0.3 is 6.09 Å². The number of nitrogens with zero attached hydrogens (tertiary/aromatic N) is 6. The van der Waals surface area contributed by atoms with Crippen LogP contribution in [0.2, 0.25) is 0 Å². The van der Waals surface area contributed by atoms with Gasteiger partial charge in [0.25, 0.3) is 0 Å². The molecule has 3 aromatic heterocycles. The van der Waals surface area contributed by atoms with Crippen LogP contribution in [0.15, 0.2) is 36.7 Å². The Morgan fingerprint density at radius 2 is 1.95 bits per heavy atom. The predicted octanol–water partition coefficient (Wildman–Crippen LogP) is 5.87. The minimum atomic E-state index is -1.24. The van der Waals surface area contributed by atoms with Crippen molar-refractivity contribution in [3.63, 3.8) is 0 Å². The summed E-state index contributed by atoms with van der Waals surface area (Å²) in [4.78, 5) is 19.5. The number of fused-ring (bicyclic) bond motifs is 2. The summed E-state index contributed by atoms with van der Waals surface area (Å²) in [6, 6.07) is 6.10. The van der Waals surface area contributed by atoms with E-state index in [0.717, 1.165) is 16.8 Å². The van der Waals surface area contributed by atoms with E-state index in [1.54, 1.807) is 21.8 Å². The Morgan fingerprint density at radius 1 is 1.15 bits per heavy atom. The zero-order chi connectivity index (χ0) is 29.1. The van der Waals surface area contributed by atoms with Crippen LogP contribution >= 0.6 is 0 Å². The molecule has 1 atom stereocenters. The normalized spacial score (nSPS) is 16.5. The first-order valence-electron chi connectivity index (χ1n) is 13.6. The number of aromatic nitrogens is 5. The van der Waals surface area contributed by atoms with Crippen molar-refractivity contribution in [3.8, 4) is 39.5 Å². The molecule has 4 heterocycles. The lowest BCUT2D eigenvalue weighted by Crippen LogP contribution is -2.41. The number of pyridine rings is 1. The van der Waals surface area contributed by atoms with Crippen molar-refractivity contribution < 1.29 is 23.0 Å². The Morgan fingerprint density at radius 3 is 2.66 bits per heavy atom. The largest absolute Gasteiger partial charge is 0.496 e. The van der Waals surface area contributed by atoms with Crippen molar-refractivity contribution in [1.82, 2.24) is 29.4 Å². The zero-order valence-corrected chi connectivity index (χ0v) is 23.7. The van der Waals surface area contributed by atoms with Crippen molar-refractivity contribution in [3.05, 3.63) is 59.3 Å². The minimum absolute atomic E-state index is 0.281. The first-order chi connectivity index (χ1) is 19.5. The Bertz CT molecular complexity index is 1650. The fourth-order valence-corrected chi connectivity index (χ4v) is 5.63. The van der Waals surface area contributed by atoms with Crippen molar-refractivity contribution in [2.24, 2.45) is 7.05 Å². The molecule has 1 unspecified atom stereocenters. The number of carbonyl (C=O) groups is 1. The van der Waals surface area contributed by atoms with Crippen LogP contribution in [0.5, 0.6) is 5.75 Å². The fraction of sp³-hybridized carbons (Fsp3) is 0.400. The van der Waals surface area contributed by atoms with E-state index >= 15 is 4.39 Å². The summed E-state index contributed by atoms with van der Waals surface area (Å²) < 4.78 is 44.7. The number of benzene rings is 1. The average Bonchev–Trinajstić information content (AvgIpc) is 3.65. The van der Waals surface area contributed by atoms with Gasteiger partial charge < -0.3 is 14.4 Å². The van der Waals surface area contributed by atoms with Crippen molar-refractivity contribution in [1.29, 1.82) is 0 Å². The quantitative estimate of drug-likeness (QED) is 0.309. The second-order valence-corrected chi connectivity index (χ2v) is 11.5. The second-order valence-electron chi connectivity index (χ2n) is 11.5. The van der Waals surface area contributed by atoms with Crippen molar-refractivity contribution in [2.75, 3.05) is 13.7 Å². The van der Waals surface area contributed by atoms with Crippen LogP contribution in [0.25, 0.3) is 33.8 Å². The maximum Gasteiger partial charge on any atom is 0.410 e. The Kier molecular flexibility index (Phi) is 6.55. The van der Waals surface area contributed by atoms with Gasteiger partial charge in [0.1, 0.15) is 29.0 Å². The molecule has 41 heavy (non-hydrogen) atoms. The third kappa shape index (κ3) is 4.93. The molecule has 214 valence electrons. The van der Waals surface area contributed by atoms with Crippen LogP contribution in [0.1, 0.15) is 50.2 Å². The molecule has 1 aliphatic heterocycles. The molecule has 0 saturated carbocycles. The summed E-state index contributed by atoms with van der Waals surface area (Å²) >= 11 is 0. The van der Waals surface area contributed by atoms with E-state index in [1.165, 1.54) is 19.2 Å². The molecular weight excluding hydrogens is 530 g/mol. The SMILES string of the molecule is COc1cc(F)ccc1-c1c(-c2cc3n(n2)CCN(C(=O)OC(C)(C)C)C3)nc(-c2cnn(C)c2)c2c1C(F)CC2. The topological polar surface area (TPSA) is 87.3 Å². The number of methoxy groups -OCH3 is 1. The summed E-state index contributed by atoms with van der Waals surface area (Å²) in [5, 5.41) is 9.17. The molecule has 11 heteroatoms. The van der Waals surface area contributed by atoms with Crippen LogP contribution in [0.3, 0.4) is 0 Å². The standard InChI is InChI=1S/C30H32F2N6O3/c1-30(2,3)41-29(39)37-10-11-38-19(16-37)13-23(35-38)28-26(20-7-6-18(31)12-24(20)40-5)25-21(8-9-22(25)32)27(34-28)17-14-33-36(4)15-17/h6-7,12-15,22H,8-11,16H2,1-5H3. The number of amides is 1. The van der Waals surface area contributed by atoms with Gasteiger partial charge in [0.05, 0.1) is 43.5 Å². The third-order valence-electron chi connectivity index (χ3n) is 7.41. The fourth-order valence-electron chi connectivity index (χ4n) is 5.63. The summed E-state index contributed by atoms with van der Waals surface area (Å²) in [7, 11) is 3.28. The van der Waals surface area contributed by atoms with E-state index in [0.29, 0.717) is 66.2 Å². The monoisotopic (exact) mass is 562 g/mol. The van der Waals surface area contributed by atoms with Gasteiger partial charge in [0, 0.05) is 48.1 Å². The number of hydrogen-bond acceptors (Lipinski definition) is 6. The lowest BCUT2D eigenvalue weighted by atomic mass is 9.91. The molecule has 0 radical (unpaired) electrons. The van der Waals surface area contributed by atoms with Crippen LogP contribution in [0.4, 0.5) is 13.6 Å². The summed E-state index contributed by atoms with van der Waals surface area (Å²) in [5.74, 6) is -0.177. The number of hydrogen-bond donors (Lipinski definition) is 0. The molecule has 1 aromatic carbocycles. The Balaban J connectivity index is 1.54. The van der Waals surface area contributed by atoms with Crippen molar-refractivity contribution >= 4 is 6.09 Å². The maximum absolute atomic E-state index is 15.8. The number of rotatable bonds is 4. The van der Waals surface area contributed by atoms with Gasteiger partial charge in [-0.05, 0) is 57.4 Å². The van der Waals surface area contributed by atoms with Crippen molar-refractivity contribution in [2.45, 2.75) is 58.5 Å². The molecule has 0 spiro atoms. The van der Waals surface area contributed by atoms with Gasteiger partial charge in [0.15, 0.2) is 0 Å². The lowest BCUT2D eigenvalue weighted by Gasteiger charge is -2.30. The molecule has 6 rings (SSSR count). The van der Waals surface area contributed by atoms with Gasteiger partial charge in [-0.15, -0.1) is 0 Å². The number of aryl methyl sites for hydroxylation is 1. The van der Waals surface area contributed by atoms with Crippen LogP contribution in [-0.4, -0.2) is 54.8 Å². The van der Waals surface area contributed by atoms with Gasteiger partial charge in [-0.25, -0.2) is 18.6 Å². The Hall–Kier alpha value is -4.28. The number of alkyl halides is 1. The van der Waals surface area contributed by atoms with E-state index in [4.69, 9.17) is 19.6 Å². The first kappa shape index (κ1) is 26.9. The number of carbonyl (C=O) groups excluding carboxylic acids is 1. The van der Waals surface area contributed by atoms with E-state index in [1.807, 2.05) is 44.8 Å². The van der Waals surface area contributed by atoms with Crippen LogP contribution < -0.4 is 4.74 Å². The predicted molar refractivity (Wildman–Crippen MR) is 148 cm³/mol. The van der Waals surface area contributed by atoms with Gasteiger partial charge in [0.2, 0.25) is 0 Å². The minimum Gasteiger partial charge on any atom is -0.496 e. The van der Waals surface area contributed by atoms with Crippen LogP contribution in [0, 0.1) is 5.82 Å². The van der Waals surface area contributed by atoms with E-state index in [9.17, 15) is 9.18 Å². The molecule has 4 aromatic rings. The molecular formula is C30H32F2N6O3. The number of ether oxygens (including phenoxy) is 2. The highest BCUT2D eigenvalue weighted by Gasteiger charge is 2.35. The third-order valence-corrected chi connectivity index (χ3v) is 7.41. The number of halogens is 2. The average molecular weight is 563 g/mol. The summed E-state index contributed by atoms with van der Waals surface area (Å²) in [6.07, 6.45) is 2.76. The highest BCUT2D eigenvalue weighted by Crippen LogP contribution is 2.49. The molecule has 1 amide bonds. The molecule has 0 saturated heterocycles. The molecule has 1 aliphatic carbocycles. The highest BCUT2D eigenvalue weighted by molar-refractivity contribution is 5.89. The van der Waals surface area contributed by atoms with E-state index < -0.39 is 23.7 Å². The summed E-state index contributed by atoms with van der Waals surface area (Å²) in [6.45, 7) is 6.71. The van der Waals surface area contributed by atoms with E-state index in [-0.39, 0.29) is 5.75 Å². The summed E-state index contributed by atoms with van der Waals surface area (Å²) in [5.41, 5.74) is 4.99. The smallest absolute Gasteiger partial charge is 0.410 e. The highest BCUT2D eigenvalue weighted by atomic mass is 19.1. The molecule has 0 bridgehead atoms. The van der Waals surface area contributed by atoms with Gasteiger partial charge in [-0.1, -0.05) is 0 Å². The van der Waals surface area contributed by atoms with E-state index in [2.05, 4.69) is 5.10 Å². The lowest BCUT2D eigenvalue weighted by molar-refractivity contribution is 0.0194. The van der Waals surface area contributed by atoms with Gasteiger partial charge in [-0.2, -0.15) is 10.2 Å². The molecule has 0 fully saturated rings. The molecule has 0 N–H and O–H groups in total. The Labute approximate surface area is 236 Å².